The number of halogens is 2. The molecule has 0 saturated heterocycles. The zero-order valence-electron chi connectivity index (χ0n) is 24.3. The van der Waals surface area contributed by atoms with Gasteiger partial charge < -0.3 is 13.9 Å². The molecule has 2 aliphatic carbocycles. The second-order valence-electron chi connectivity index (χ2n) is 11.9. The van der Waals surface area contributed by atoms with Crippen LogP contribution in [0.1, 0.15) is 73.1 Å². The molecular weight excluding hydrogens is 647 g/mol. The van der Waals surface area contributed by atoms with E-state index in [9.17, 15) is 0 Å². The van der Waals surface area contributed by atoms with Crippen LogP contribution in [0.4, 0.5) is 0 Å². The van der Waals surface area contributed by atoms with Crippen molar-refractivity contribution in [3.63, 3.8) is 0 Å². The molecular formula is C27H52Br2N2NiO3Si. The number of hydrogen-bond acceptors (Lipinski definition) is 5. The zero-order valence-corrected chi connectivity index (χ0v) is 29.4. The van der Waals surface area contributed by atoms with E-state index >= 15 is 0 Å². The summed E-state index contributed by atoms with van der Waals surface area (Å²) in [6, 6.07) is 0.687. The molecule has 0 N–H and O–H groups in total. The number of rotatable bonds is 10. The minimum atomic E-state index is -1.49. The molecule has 5 nitrogen and oxygen atoms in total. The Morgan fingerprint density at radius 2 is 1.19 bits per heavy atom. The molecule has 0 aromatic heterocycles. The van der Waals surface area contributed by atoms with E-state index in [1.807, 2.05) is 14.2 Å². The van der Waals surface area contributed by atoms with Gasteiger partial charge in [-0.05, 0) is 88.8 Å². The van der Waals surface area contributed by atoms with Crippen molar-refractivity contribution in [3.05, 3.63) is 0 Å². The normalized spacial score (nSPS) is 34.3. The Balaban J connectivity index is 0.00000205. The van der Waals surface area contributed by atoms with E-state index in [1.54, 1.807) is 0 Å². The summed E-state index contributed by atoms with van der Waals surface area (Å²) >= 11 is 6.00. The summed E-state index contributed by atoms with van der Waals surface area (Å²) < 4.78 is 17.5. The monoisotopic (exact) mass is 696 g/mol. The van der Waals surface area contributed by atoms with Crippen LogP contribution in [0.5, 0.6) is 0 Å². The maximum atomic E-state index is 6.14. The quantitative estimate of drug-likeness (QED) is 0.132. The van der Waals surface area contributed by atoms with Crippen LogP contribution in [0.3, 0.4) is 0 Å². The Bertz CT molecular complexity index is 668. The van der Waals surface area contributed by atoms with E-state index in [0.717, 1.165) is 50.8 Å². The fourth-order valence-corrected chi connectivity index (χ4v) is 6.62. The van der Waals surface area contributed by atoms with Gasteiger partial charge in [-0.15, -0.1) is 0 Å². The summed E-state index contributed by atoms with van der Waals surface area (Å²) in [5.74, 6) is 2.10. The molecule has 4 unspecified atom stereocenters. The molecule has 2 fully saturated rings. The molecule has 2 rings (SSSR count). The first-order chi connectivity index (χ1) is 16.9. The van der Waals surface area contributed by atoms with Gasteiger partial charge in [0.25, 0.3) is 0 Å². The summed E-state index contributed by atoms with van der Waals surface area (Å²) in [6.07, 6.45) is 7.04. The molecule has 0 aromatic rings. The number of nitrogens with zero attached hydrogens (tertiary/aromatic N) is 2. The fourth-order valence-electron chi connectivity index (χ4n) is 5.86. The third-order valence-electron chi connectivity index (χ3n) is 7.70. The Kier molecular flexibility index (Phi) is 17.0. The number of aliphatic imine (C=N–C) groups is 2. The van der Waals surface area contributed by atoms with Crippen LogP contribution in [-0.4, -0.2) is 64.9 Å². The molecule has 36 heavy (non-hydrogen) atoms. The summed E-state index contributed by atoms with van der Waals surface area (Å²) in [6.45, 7) is 19.1. The molecule has 0 heterocycles. The molecule has 0 aliphatic heterocycles. The Morgan fingerprint density at radius 1 is 0.806 bits per heavy atom. The predicted molar refractivity (Wildman–Crippen MR) is 161 cm³/mol. The molecule has 9 heteroatoms. The third kappa shape index (κ3) is 12.4. The van der Waals surface area contributed by atoms with E-state index in [0.29, 0.717) is 48.0 Å². The molecule has 0 amide bonds. The van der Waals surface area contributed by atoms with Crippen molar-refractivity contribution < 1.29 is 24.8 Å². The van der Waals surface area contributed by atoms with Gasteiger partial charge in [-0.3, -0.25) is 9.98 Å². The van der Waals surface area contributed by atoms with E-state index in [2.05, 4.69) is 82.7 Å². The van der Waals surface area contributed by atoms with Gasteiger partial charge in [-0.2, -0.15) is 0 Å². The van der Waals surface area contributed by atoms with Crippen molar-refractivity contribution in [1.29, 1.82) is 0 Å². The first kappa shape index (κ1) is 34.9. The van der Waals surface area contributed by atoms with Gasteiger partial charge in [-0.1, -0.05) is 27.7 Å². The first-order valence-electron chi connectivity index (χ1n) is 13.5. The molecule has 0 bridgehead atoms. The fraction of sp³-hybridized carbons (Fsp3) is 0.926. The molecule has 0 aromatic carbocycles. The van der Waals surface area contributed by atoms with Gasteiger partial charge in [0.1, 0.15) is 0 Å². The molecule has 0 spiro atoms. The molecule has 2 saturated carbocycles. The Hall–Kier alpha value is 0.890. The molecule has 2 aliphatic rings. The van der Waals surface area contributed by atoms with Crippen LogP contribution in [0, 0.1) is 23.7 Å². The summed E-state index contributed by atoms with van der Waals surface area (Å²) in [4.78, 5) is 10.7. The average Bonchev–Trinajstić information content (AvgIpc) is 2.79. The minimum absolute atomic E-state index is 0.341. The second-order valence-corrected chi connectivity index (χ2v) is 21.4. The van der Waals surface area contributed by atoms with Gasteiger partial charge in [-0.25, -0.2) is 0 Å². The van der Waals surface area contributed by atoms with Crippen LogP contribution in [-0.2, 0) is 24.8 Å². The maximum absolute atomic E-state index is 6.14. The van der Waals surface area contributed by atoms with Gasteiger partial charge in [0.2, 0.25) is 0 Å². The van der Waals surface area contributed by atoms with Gasteiger partial charge in [0.05, 0.1) is 35.7 Å². The summed E-state index contributed by atoms with van der Waals surface area (Å²) in [5, 5.41) is 0. The Labute approximate surface area is 243 Å². The number of methoxy groups -OCH3 is 2. The van der Waals surface area contributed by atoms with Crippen molar-refractivity contribution in [1.82, 2.24) is 0 Å². The van der Waals surface area contributed by atoms with Crippen molar-refractivity contribution in [2.45, 2.75) is 117 Å². The second kappa shape index (κ2) is 17.6. The van der Waals surface area contributed by atoms with E-state index in [-0.39, 0.29) is 0 Å². The van der Waals surface area contributed by atoms with Gasteiger partial charge >= 0.3 is 39.3 Å². The third-order valence-corrected chi connectivity index (χ3v) is 8.77. The van der Waals surface area contributed by atoms with Crippen LogP contribution >= 0.6 is 28.5 Å². The Morgan fingerprint density at radius 3 is 1.56 bits per heavy atom. The number of ether oxygens (including phenoxy) is 2. The standard InChI is InChI=1S/C27H52N2O3Si.2BrH.Ni/c1-18-14-23(30-6)15-19(2)26(18)28-22(5)25(12-11-13-32-33(8,9)10)29-27-20(3)16-24(31-7)17-21(27)4;;;/h18-21,23-24,26-27H,11-17H2,1-10H3;2*1H;/q;;;+2/p-2. The van der Waals surface area contributed by atoms with Gasteiger partial charge in [0, 0.05) is 20.8 Å². The van der Waals surface area contributed by atoms with Crippen molar-refractivity contribution >= 4 is 48.2 Å². The van der Waals surface area contributed by atoms with Crippen LogP contribution in [0.15, 0.2) is 9.98 Å². The van der Waals surface area contributed by atoms with Gasteiger partial charge in [0.15, 0.2) is 8.32 Å². The zero-order chi connectivity index (χ0) is 27.5. The average molecular weight is 699 g/mol. The first-order valence-corrected chi connectivity index (χ1v) is 21.8. The summed E-state index contributed by atoms with van der Waals surface area (Å²) in [5.41, 5.74) is 2.33. The molecule has 0 radical (unpaired) electrons. The van der Waals surface area contributed by atoms with Crippen molar-refractivity contribution in [2.24, 2.45) is 33.7 Å². The molecule has 4 atom stereocenters. The summed E-state index contributed by atoms with van der Waals surface area (Å²) in [7, 11) is 3.44. The van der Waals surface area contributed by atoms with Crippen molar-refractivity contribution in [2.75, 3.05) is 20.8 Å². The van der Waals surface area contributed by atoms with Crippen LogP contribution < -0.4 is 0 Å². The van der Waals surface area contributed by atoms with E-state index in [4.69, 9.17) is 23.9 Å². The van der Waals surface area contributed by atoms with Crippen molar-refractivity contribution in [3.8, 4) is 0 Å². The SMILES string of the molecule is COC1CC(C)C(N=C(C)C(CCCO[Si](C)(C)C)=NC2C(C)CC(OC)CC2C)C(C)C1.[Br][Ni][Br]. The van der Waals surface area contributed by atoms with E-state index in [1.165, 1.54) is 16.6 Å². The van der Waals surface area contributed by atoms with Crippen LogP contribution in [0.2, 0.25) is 19.6 Å². The van der Waals surface area contributed by atoms with E-state index < -0.39 is 8.32 Å². The topological polar surface area (TPSA) is 52.4 Å². The number of hydrogen-bond donors (Lipinski definition) is 0. The van der Waals surface area contributed by atoms with Crippen LogP contribution in [0.25, 0.3) is 0 Å². The predicted octanol–water partition coefficient (Wildman–Crippen LogP) is 8.11. The molecule has 216 valence electrons.